The van der Waals surface area contributed by atoms with Crippen molar-refractivity contribution in [2.45, 2.75) is 20.0 Å². The van der Waals surface area contributed by atoms with Crippen LogP contribution in [0.3, 0.4) is 0 Å². The summed E-state index contributed by atoms with van der Waals surface area (Å²) in [7, 11) is 0. The highest BCUT2D eigenvalue weighted by Gasteiger charge is 2.34. The van der Waals surface area contributed by atoms with Gasteiger partial charge in [0, 0.05) is 51.4 Å². The summed E-state index contributed by atoms with van der Waals surface area (Å²) >= 11 is 0. The van der Waals surface area contributed by atoms with E-state index >= 15 is 0 Å². The standard InChI is InChI=1S/C29H27N3O7/c1-18-12-23(33)22(29-27(18)28(34)26(39-29)13-19-2-5-21(6-3-19)32(35)36)16-31-10-8-30(9-11-31)15-20-4-7-24-25(14-20)38-17-37-24/h2-7,12-14,33H,8-11,15-17H2,1H3/b26-13-. The molecule has 39 heavy (non-hydrogen) atoms. The van der Waals surface area contributed by atoms with Crippen LogP contribution >= 0.6 is 0 Å². The van der Waals surface area contributed by atoms with E-state index in [-0.39, 0.29) is 29.8 Å². The van der Waals surface area contributed by atoms with E-state index in [0.717, 1.165) is 44.2 Å². The molecule has 200 valence electrons. The van der Waals surface area contributed by atoms with Crippen LogP contribution in [0.1, 0.15) is 32.6 Å². The highest BCUT2D eigenvalue weighted by atomic mass is 16.7. The van der Waals surface area contributed by atoms with E-state index in [1.165, 1.54) is 17.7 Å². The lowest BCUT2D eigenvalue weighted by molar-refractivity contribution is -0.384. The molecule has 3 heterocycles. The number of fused-ring (bicyclic) bond motifs is 2. The van der Waals surface area contributed by atoms with Gasteiger partial charge >= 0.3 is 0 Å². The number of carbonyl (C=O) groups excluding carboxylic acids is 1. The van der Waals surface area contributed by atoms with Gasteiger partial charge in [-0.05, 0) is 60.0 Å². The van der Waals surface area contributed by atoms with Crippen LogP contribution in [0.15, 0.2) is 54.3 Å². The number of hydrogen-bond acceptors (Lipinski definition) is 9. The molecule has 0 aliphatic carbocycles. The monoisotopic (exact) mass is 529 g/mol. The Hall–Kier alpha value is -4.41. The van der Waals surface area contributed by atoms with Crippen molar-refractivity contribution in [2.75, 3.05) is 33.0 Å². The van der Waals surface area contributed by atoms with E-state index in [2.05, 4.69) is 15.9 Å². The Kier molecular flexibility index (Phi) is 6.41. The molecule has 1 N–H and O–H groups in total. The third-order valence-corrected chi connectivity index (χ3v) is 7.31. The summed E-state index contributed by atoms with van der Waals surface area (Å²) in [4.78, 5) is 28.3. The Morgan fingerprint density at radius 3 is 2.38 bits per heavy atom. The third kappa shape index (κ3) is 4.91. The molecule has 0 amide bonds. The zero-order valence-corrected chi connectivity index (χ0v) is 21.4. The molecule has 0 aromatic heterocycles. The molecule has 0 bridgehead atoms. The van der Waals surface area contributed by atoms with E-state index < -0.39 is 4.92 Å². The molecular weight excluding hydrogens is 502 g/mol. The maximum absolute atomic E-state index is 13.2. The van der Waals surface area contributed by atoms with Crippen LogP contribution in [0.5, 0.6) is 23.0 Å². The molecule has 3 aliphatic rings. The van der Waals surface area contributed by atoms with Gasteiger partial charge in [-0.1, -0.05) is 6.07 Å². The van der Waals surface area contributed by atoms with Gasteiger partial charge in [-0.15, -0.1) is 0 Å². The molecule has 0 radical (unpaired) electrons. The first kappa shape index (κ1) is 24.9. The number of phenolic OH excluding ortho intramolecular Hbond substituents is 1. The number of carbonyl (C=O) groups is 1. The maximum Gasteiger partial charge on any atom is 0.269 e. The Morgan fingerprint density at radius 1 is 0.974 bits per heavy atom. The molecule has 1 fully saturated rings. The molecule has 0 saturated carbocycles. The number of piperazine rings is 1. The van der Waals surface area contributed by atoms with Crippen molar-refractivity contribution < 1.29 is 29.0 Å². The van der Waals surface area contributed by atoms with Gasteiger partial charge in [-0.3, -0.25) is 24.7 Å². The predicted molar refractivity (Wildman–Crippen MR) is 142 cm³/mol. The van der Waals surface area contributed by atoms with Crippen LogP contribution in [0.25, 0.3) is 6.08 Å². The lowest BCUT2D eigenvalue weighted by Crippen LogP contribution is -2.45. The van der Waals surface area contributed by atoms with Crippen molar-refractivity contribution in [1.82, 2.24) is 9.80 Å². The van der Waals surface area contributed by atoms with Gasteiger partial charge < -0.3 is 19.3 Å². The number of rotatable bonds is 6. The molecule has 0 atom stereocenters. The Bertz CT molecular complexity index is 1490. The minimum atomic E-state index is -0.473. The van der Waals surface area contributed by atoms with Crippen molar-refractivity contribution in [3.05, 3.63) is 92.2 Å². The summed E-state index contributed by atoms with van der Waals surface area (Å²) in [5, 5.41) is 21.8. The van der Waals surface area contributed by atoms with E-state index in [4.69, 9.17) is 14.2 Å². The number of non-ortho nitro benzene ring substituents is 1. The molecule has 6 rings (SSSR count). The summed E-state index contributed by atoms with van der Waals surface area (Å²) in [6, 6.07) is 13.5. The van der Waals surface area contributed by atoms with Crippen molar-refractivity contribution in [1.29, 1.82) is 0 Å². The van der Waals surface area contributed by atoms with Gasteiger partial charge in [0.1, 0.15) is 11.5 Å². The molecule has 0 spiro atoms. The molecule has 10 heteroatoms. The van der Waals surface area contributed by atoms with Crippen molar-refractivity contribution in [3.8, 4) is 23.0 Å². The largest absolute Gasteiger partial charge is 0.507 e. The zero-order chi connectivity index (χ0) is 27.1. The first-order valence-electron chi connectivity index (χ1n) is 12.7. The van der Waals surface area contributed by atoms with E-state index in [1.807, 2.05) is 12.1 Å². The van der Waals surface area contributed by atoms with Gasteiger partial charge in [0.25, 0.3) is 5.69 Å². The van der Waals surface area contributed by atoms with Gasteiger partial charge in [-0.25, -0.2) is 0 Å². The van der Waals surface area contributed by atoms with Crippen molar-refractivity contribution >= 4 is 17.5 Å². The number of ketones is 1. The Morgan fingerprint density at radius 2 is 1.67 bits per heavy atom. The highest BCUT2D eigenvalue weighted by molar-refractivity contribution is 6.15. The second kappa shape index (κ2) is 10.0. The van der Waals surface area contributed by atoms with E-state index in [1.54, 1.807) is 31.2 Å². The zero-order valence-electron chi connectivity index (χ0n) is 21.4. The molecule has 3 aromatic rings. The first-order chi connectivity index (χ1) is 18.9. The van der Waals surface area contributed by atoms with E-state index in [0.29, 0.717) is 34.5 Å². The lowest BCUT2D eigenvalue weighted by atomic mass is 9.99. The number of phenols is 1. The fraction of sp³-hybridized carbons (Fsp3) is 0.276. The summed E-state index contributed by atoms with van der Waals surface area (Å²) in [5.74, 6) is 1.90. The van der Waals surface area contributed by atoms with Gasteiger partial charge in [0.15, 0.2) is 17.3 Å². The average Bonchev–Trinajstić information content (AvgIpc) is 3.52. The number of aryl methyl sites for hydroxylation is 1. The highest BCUT2D eigenvalue weighted by Crippen LogP contribution is 2.42. The topological polar surface area (TPSA) is 115 Å². The number of nitro groups is 1. The molecule has 0 unspecified atom stereocenters. The van der Waals surface area contributed by atoms with Crippen LogP contribution < -0.4 is 14.2 Å². The number of aromatic hydroxyl groups is 1. The van der Waals surface area contributed by atoms with Gasteiger partial charge in [-0.2, -0.15) is 0 Å². The summed E-state index contributed by atoms with van der Waals surface area (Å²) in [5.41, 5.74) is 3.41. The molecule has 3 aliphatic heterocycles. The summed E-state index contributed by atoms with van der Waals surface area (Å²) in [6.45, 7) is 6.60. The normalized spacial score (nSPS) is 17.9. The number of nitrogens with zero attached hydrogens (tertiary/aromatic N) is 3. The fourth-order valence-electron chi connectivity index (χ4n) is 5.20. The minimum Gasteiger partial charge on any atom is -0.507 e. The molecule has 10 nitrogen and oxygen atoms in total. The van der Waals surface area contributed by atoms with Crippen LogP contribution in [0.4, 0.5) is 5.69 Å². The first-order valence-corrected chi connectivity index (χ1v) is 12.7. The van der Waals surface area contributed by atoms with Crippen LogP contribution in [-0.4, -0.2) is 58.6 Å². The predicted octanol–water partition coefficient (Wildman–Crippen LogP) is 4.27. The Balaban J connectivity index is 1.15. The Labute approximate surface area is 224 Å². The van der Waals surface area contributed by atoms with E-state index in [9.17, 15) is 20.0 Å². The minimum absolute atomic E-state index is 0.0295. The second-order valence-corrected chi connectivity index (χ2v) is 9.92. The number of Topliss-reactive ketones (excluding diaryl/α,β-unsaturated/α-hetero) is 1. The molecule has 1 saturated heterocycles. The molecular formula is C29H27N3O7. The van der Waals surface area contributed by atoms with Crippen LogP contribution in [0, 0.1) is 17.0 Å². The fourth-order valence-corrected chi connectivity index (χ4v) is 5.20. The maximum atomic E-state index is 13.2. The van der Waals surface area contributed by atoms with Crippen molar-refractivity contribution in [3.63, 3.8) is 0 Å². The van der Waals surface area contributed by atoms with Crippen LogP contribution in [0.2, 0.25) is 0 Å². The summed E-state index contributed by atoms with van der Waals surface area (Å²) < 4.78 is 16.9. The van der Waals surface area contributed by atoms with Gasteiger partial charge in [0.05, 0.1) is 16.1 Å². The number of hydrogen-bond donors (Lipinski definition) is 1. The SMILES string of the molecule is Cc1cc(O)c(CN2CCN(Cc3ccc4c(c3)OCO4)CC2)c2c1C(=O)/C(=C/c1ccc([N+](=O)[O-])cc1)O2. The smallest absolute Gasteiger partial charge is 0.269 e. The van der Waals surface area contributed by atoms with Gasteiger partial charge in [0.2, 0.25) is 12.6 Å². The number of allylic oxidation sites excluding steroid dienone is 1. The average molecular weight is 530 g/mol. The quantitative estimate of drug-likeness (QED) is 0.284. The molecule has 3 aromatic carbocycles. The second-order valence-electron chi connectivity index (χ2n) is 9.92. The summed E-state index contributed by atoms with van der Waals surface area (Å²) in [6.07, 6.45) is 1.57. The van der Waals surface area contributed by atoms with Crippen molar-refractivity contribution in [2.24, 2.45) is 0 Å². The lowest BCUT2D eigenvalue weighted by Gasteiger charge is -2.35. The number of ether oxygens (including phenoxy) is 3. The van der Waals surface area contributed by atoms with Crippen LogP contribution in [-0.2, 0) is 13.1 Å². The third-order valence-electron chi connectivity index (χ3n) is 7.31. The number of benzene rings is 3. The number of nitro benzene ring substituents is 1.